The smallest absolute Gasteiger partial charge is 0.0682 e. The molecule has 0 aliphatic carbocycles. The summed E-state index contributed by atoms with van der Waals surface area (Å²) >= 11 is 0. The SMILES string of the molecule is CCCOC1CC2CC[C@H](C1)N2C[C@@H](C)Cn1ncc2ccccc21. The second-order valence-corrected chi connectivity index (χ2v) is 8.04. The number of benzene rings is 1. The molecule has 1 aromatic carbocycles. The Labute approximate surface area is 151 Å². The molecule has 4 atom stereocenters. The minimum absolute atomic E-state index is 0.499. The summed E-state index contributed by atoms with van der Waals surface area (Å²) in [5.74, 6) is 0.611. The fraction of sp³-hybridized carbons (Fsp3) is 0.667. The van der Waals surface area contributed by atoms with Gasteiger partial charge in [0.1, 0.15) is 0 Å². The number of para-hydroxylation sites is 1. The van der Waals surface area contributed by atoms with Crippen molar-refractivity contribution in [2.24, 2.45) is 5.92 Å². The van der Waals surface area contributed by atoms with Crippen LogP contribution in [0.5, 0.6) is 0 Å². The molecule has 1 aromatic heterocycles. The quantitative estimate of drug-likeness (QED) is 0.760. The second-order valence-electron chi connectivity index (χ2n) is 8.04. The molecule has 0 saturated carbocycles. The maximum Gasteiger partial charge on any atom is 0.0682 e. The first kappa shape index (κ1) is 17.0. The van der Waals surface area contributed by atoms with Gasteiger partial charge in [-0.3, -0.25) is 9.58 Å². The highest BCUT2D eigenvalue weighted by atomic mass is 16.5. The van der Waals surface area contributed by atoms with Gasteiger partial charge in [-0.2, -0.15) is 5.10 Å². The average molecular weight is 341 g/mol. The molecule has 0 amide bonds. The number of hydrogen-bond donors (Lipinski definition) is 0. The van der Waals surface area contributed by atoms with Crippen molar-refractivity contribution in [1.29, 1.82) is 0 Å². The minimum atomic E-state index is 0.499. The highest BCUT2D eigenvalue weighted by Gasteiger charge is 2.41. The van der Waals surface area contributed by atoms with Crippen molar-refractivity contribution in [3.05, 3.63) is 30.5 Å². The average Bonchev–Trinajstić information content (AvgIpc) is 3.11. The summed E-state index contributed by atoms with van der Waals surface area (Å²) < 4.78 is 8.24. The van der Waals surface area contributed by atoms with Crippen molar-refractivity contribution in [3.63, 3.8) is 0 Å². The van der Waals surface area contributed by atoms with Gasteiger partial charge in [0.25, 0.3) is 0 Å². The summed E-state index contributed by atoms with van der Waals surface area (Å²) in [4.78, 5) is 2.78. The molecule has 2 bridgehead atoms. The van der Waals surface area contributed by atoms with Crippen LogP contribution in [0.3, 0.4) is 0 Å². The predicted molar refractivity (Wildman–Crippen MR) is 102 cm³/mol. The van der Waals surface area contributed by atoms with Crippen LogP contribution in [0.15, 0.2) is 30.5 Å². The van der Waals surface area contributed by atoms with Gasteiger partial charge in [0.2, 0.25) is 0 Å². The molecular weight excluding hydrogens is 310 g/mol. The van der Waals surface area contributed by atoms with Crippen molar-refractivity contribution < 1.29 is 4.74 Å². The fourth-order valence-corrected chi connectivity index (χ4v) is 4.83. The van der Waals surface area contributed by atoms with Crippen LogP contribution in [0, 0.1) is 5.92 Å². The van der Waals surface area contributed by atoms with E-state index < -0.39 is 0 Å². The molecule has 4 nitrogen and oxygen atoms in total. The number of piperidine rings is 1. The van der Waals surface area contributed by atoms with E-state index in [2.05, 4.69) is 52.8 Å². The zero-order chi connectivity index (χ0) is 17.2. The molecule has 2 aliphatic heterocycles. The molecule has 2 aliphatic rings. The minimum Gasteiger partial charge on any atom is -0.378 e. The van der Waals surface area contributed by atoms with E-state index in [0.717, 1.165) is 31.7 Å². The Kier molecular flexibility index (Phi) is 5.09. The number of hydrogen-bond acceptors (Lipinski definition) is 3. The number of rotatable bonds is 7. The molecule has 2 saturated heterocycles. The van der Waals surface area contributed by atoms with E-state index in [-0.39, 0.29) is 0 Å². The van der Waals surface area contributed by atoms with Crippen LogP contribution in [-0.4, -0.2) is 46.0 Å². The van der Waals surface area contributed by atoms with Crippen LogP contribution in [-0.2, 0) is 11.3 Å². The zero-order valence-electron chi connectivity index (χ0n) is 15.6. The summed E-state index contributed by atoms with van der Waals surface area (Å²) in [6.07, 6.45) is 8.79. The molecule has 0 spiro atoms. The van der Waals surface area contributed by atoms with Crippen molar-refractivity contribution >= 4 is 10.9 Å². The molecule has 2 fully saturated rings. The van der Waals surface area contributed by atoms with E-state index in [9.17, 15) is 0 Å². The zero-order valence-corrected chi connectivity index (χ0v) is 15.6. The van der Waals surface area contributed by atoms with Crippen molar-refractivity contribution in [3.8, 4) is 0 Å². The molecule has 136 valence electrons. The lowest BCUT2D eigenvalue weighted by atomic mass is 9.98. The van der Waals surface area contributed by atoms with E-state index in [1.165, 1.54) is 43.1 Å². The lowest BCUT2D eigenvalue weighted by Crippen LogP contribution is -2.47. The third-order valence-corrected chi connectivity index (χ3v) is 5.96. The third-order valence-electron chi connectivity index (χ3n) is 5.96. The molecule has 4 rings (SSSR count). The Hall–Kier alpha value is -1.39. The second kappa shape index (κ2) is 7.46. The third kappa shape index (κ3) is 3.61. The van der Waals surface area contributed by atoms with Crippen molar-refractivity contribution in [2.45, 2.75) is 70.7 Å². The first-order chi connectivity index (χ1) is 12.2. The Morgan fingerprint density at radius 2 is 1.92 bits per heavy atom. The molecule has 0 N–H and O–H groups in total. The van der Waals surface area contributed by atoms with Gasteiger partial charge < -0.3 is 4.74 Å². The molecule has 0 radical (unpaired) electrons. The van der Waals surface area contributed by atoms with E-state index >= 15 is 0 Å². The summed E-state index contributed by atoms with van der Waals surface area (Å²) in [7, 11) is 0. The maximum absolute atomic E-state index is 6.06. The van der Waals surface area contributed by atoms with Crippen molar-refractivity contribution in [1.82, 2.24) is 14.7 Å². The Bertz CT molecular complexity index is 683. The van der Waals surface area contributed by atoms with Crippen LogP contribution >= 0.6 is 0 Å². The Balaban J connectivity index is 1.36. The maximum atomic E-state index is 6.06. The first-order valence-electron chi connectivity index (χ1n) is 10.0. The predicted octanol–water partition coefficient (Wildman–Crippen LogP) is 4.09. The van der Waals surface area contributed by atoms with Gasteiger partial charge in [-0.1, -0.05) is 32.0 Å². The topological polar surface area (TPSA) is 30.3 Å². The van der Waals surface area contributed by atoms with Crippen LogP contribution < -0.4 is 0 Å². The Morgan fingerprint density at radius 1 is 1.16 bits per heavy atom. The van der Waals surface area contributed by atoms with Crippen LogP contribution in [0.4, 0.5) is 0 Å². The van der Waals surface area contributed by atoms with Gasteiger partial charge in [-0.25, -0.2) is 0 Å². The van der Waals surface area contributed by atoms with Crippen LogP contribution in [0.2, 0.25) is 0 Å². The molecule has 2 aromatic rings. The molecule has 3 heterocycles. The lowest BCUT2D eigenvalue weighted by molar-refractivity contribution is -0.0237. The normalized spacial score (nSPS) is 27.8. The van der Waals surface area contributed by atoms with E-state index in [1.807, 2.05) is 6.20 Å². The van der Waals surface area contributed by atoms with E-state index in [0.29, 0.717) is 12.0 Å². The monoisotopic (exact) mass is 341 g/mol. The number of nitrogens with zero attached hydrogens (tertiary/aromatic N) is 3. The number of aromatic nitrogens is 2. The molecule has 2 unspecified atom stereocenters. The molecular formula is C21H31N3O. The van der Waals surface area contributed by atoms with Gasteiger partial charge in [0.15, 0.2) is 0 Å². The fourth-order valence-electron chi connectivity index (χ4n) is 4.83. The van der Waals surface area contributed by atoms with Crippen LogP contribution in [0.1, 0.15) is 46.0 Å². The number of fused-ring (bicyclic) bond motifs is 3. The lowest BCUT2D eigenvalue weighted by Gasteiger charge is -2.40. The van der Waals surface area contributed by atoms with E-state index in [4.69, 9.17) is 4.74 Å². The van der Waals surface area contributed by atoms with Gasteiger partial charge in [0, 0.05) is 37.2 Å². The standard InChI is InChI=1S/C21H31N3O/c1-3-10-25-20-11-18-8-9-19(12-20)23(18)14-16(2)15-24-21-7-5-4-6-17(21)13-22-24/h4-7,13,16,18-20H,3,8-12,14-15H2,1-2H3/t16-,18-,19?,20?/m1/s1. The van der Waals surface area contributed by atoms with Gasteiger partial charge in [-0.15, -0.1) is 0 Å². The number of ether oxygens (including phenoxy) is 1. The summed E-state index contributed by atoms with van der Waals surface area (Å²) in [5.41, 5.74) is 1.25. The largest absolute Gasteiger partial charge is 0.378 e. The summed E-state index contributed by atoms with van der Waals surface area (Å²) in [6, 6.07) is 9.97. The van der Waals surface area contributed by atoms with Crippen molar-refractivity contribution in [2.75, 3.05) is 13.2 Å². The van der Waals surface area contributed by atoms with Gasteiger partial charge in [-0.05, 0) is 44.1 Å². The van der Waals surface area contributed by atoms with Crippen LogP contribution in [0.25, 0.3) is 10.9 Å². The highest BCUT2D eigenvalue weighted by molar-refractivity contribution is 5.78. The first-order valence-corrected chi connectivity index (χ1v) is 10.0. The molecule has 4 heteroatoms. The summed E-state index contributed by atoms with van der Waals surface area (Å²) in [5, 5.41) is 5.85. The molecule has 25 heavy (non-hydrogen) atoms. The van der Waals surface area contributed by atoms with E-state index in [1.54, 1.807) is 0 Å². The van der Waals surface area contributed by atoms with Gasteiger partial charge in [0.05, 0.1) is 17.8 Å². The van der Waals surface area contributed by atoms with Gasteiger partial charge >= 0.3 is 0 Å². The summed E-state index contributed by atoms with van der Waals surface area (Å²) in [6.45, 7) is 7.68. The highest BCUT2D eigenvalue weighted by Crippen LogP contribution is 2.37. The Morgan fingerprint density at radius 3 is 2.68 bits per heavy atom.